The van der Waals surface area contributed by atoms with Gasteiger partial charge in [-0.25, -0.2) is 0 Å². The Hall–Kier alpha value is -1.61. The fourth-order valence-electron chi connectivity index (χ4n) is 3.65. The molecule has 0 bridgehead atoms. The molecule has 104 valence electrons. The third kappa shape index (κ3) is 1.80. The molecule has 1 unspecified atom stereocenters. The van der Waals surface area contributed by atoms with Crippen LogP contribution in [0.3, 0.4) is 0 Å². The Morgan fingerprint density at radius 2 is 2.10 bits per heavy atom. The van der Waals surface area contributed by atoms with E-state index < -0.39 is 0 Å². The highest BCUT2D eigenvalue weighted by Crippen LogP contribution is 2.59. The predicted octanol–water partition coefficient (Wildman–Crippen LogP) is 3.31. The molecule has 1 aromatic heterocycles. The van der Waals surface area contributed by atoms with Gasteiger partial charge in [0.2, 0.25) is 5.78 Å². The summed E-state index contributed by atoms with van der Waals surface area (Å²) in [5.41, 5.74) is 2.29. The Kier molecular flexibility index (Phi) is 2.55. The summed E-state index contributed by atoms with van der Waals surface area (Å²) in [5, 5.41) is 4.41. The lowest BCUT2D eigenvalue weighted by atomic mass is 9.90. The van der Waals surface area contributed by atoms with Crippen LogP contribution in [-0.2, 0) is 0 Å². The summed E-state index contributed by atoms with van der Waals surface area (Å²) in [6, 6.07) is 7.96. The van der Waals surface area contributed by atoms with Crippen molar-refractivity contribution in [1.29, 1.82) is 0 Å². The highest BCUT2D eigenvalue weighted by molar-refractivity contribution is 6.01. The molecule has 2 fully saturated rings. The molecule has 1 aliphatic heterocycles. The smallest absolute Gasteiger partial charge is 0.201 e. The van der Waals surface area contributed by atoms with Gasteiger partial charge in [0, 0.05) is 11.3 Å². The van der Waals surface area contributed by atoms with E-state index in [2.05, 4.69) is 18.3 Å². The van der Waals surface area contributed by atoms with Crippen LogP contribution in [0.15, 0.2) is 28.7 Å². The molecular formula is C17H19NO2. The summed E-state index contributed by atoms with van der Waals surface area (Å²) in [5.74, 6) is 0.943. The molecule has 1 saturated heterocycles. The van der Waals surface area contributed by atoms with E-state index in [4.69, 9.17) is 4.42 Å². The molecule has 4 rings (SSSR count). The van der Waals surface area contributed by atoms with Crippen LogP contribution < -0.4 is 5.32 Å². The maximum atomic E-state index is 12.6. The molecule has 0 radical (unpaired) electrons. The average molecular weight is 269 g/mol. The summed E-state index contributed by atoms with van der Waals surface area (Å²) in [6.45, 7) is 4.14. The van der Waals surface area contributed by atoms with E-state index in [0.29, 0.717) is 5.76 Å². The number of piperidine rings is 1. The molecule has 2 aliphatic rings. The number of aryl methyl sites for hydroxylation is 1. The Morgan fingerprint density at radius 1 is 1.30 bits per heavy atom. The van der Waals surface area contributed by atoms with Crippen LogP contribution in [0.4, 0.5) is 0 Å². The van der Waals surface area contributed by atoms with Gasteiger partial charge >= 0.3 is 0 Å². The van der Waals surface area contributed by atoms with E-state index in [1.54, 1.807) is 0 Å². The van der Waals surface area contributed by atoms with Crippen molar-refractivity contribution in [2.24, 2.45) is 11.3 Å². The Bertz CT molecular complexity index is 679. The highest BCUT2D eigenvalue weighted by Gasteiger charge is 2.58. The third-order valence-electron chi connectivity index (χ3n) is 5.02. The Balaban J connectivity index is 1.61. The van der Waals surface area contributed by atoms with Crippen LogP contribution in [0, 0.1) is 18.3 Å². The van der Waals surface area contributed by atoms with E-state index in [1.807, 2.05) is 18.2 Å². The highest BCUT2D eigenvalue weighted by atomic mass is 16.3. The van der Waals surface area contributed by atoms with E-state index in [0.717, 1.165) is 43.3 Å². The molecule has 0 amide bonds. The number of fused-ring (bicyclic) bond motifs is 1. The quantitative estimate of drug-likeness (QED) is 0.850. The van der Waals surface area contributed by atoms with Gasteiger partial charge in [0.1, 0.15) is 5.58 Å². The van der Waals surface area contributed by atoms with E-state index in [-0.39, 0.29) is 17.1 Å². The summed E-state index contributed by atoms with van der Waals surface area (Å²) in [4.78, 5) is 12.6. The number of furan rings is 1. The summed E-state index contributed by atoms with van der Waals surface area (Å²) in [7, 11) is 0. The van der Waals surface area contributed by atoms with Gasteiger partial charge in [-0.15, -0.1) is 0 Å². The second-order valence-corrected chi connectivity index (χ2v) is 6.39. The van der Waals surface area contributed by atoms with Crippen molar-refractivity contribution in [2.75, 3.05) is 13.1 Å². The van der Waals surface area contributed by atoms with Crippen LogP contribution in [0.5, 0.6) is 0 Å². The lowest BCUT2D eigenvalue weighted by Crippen LogP contribution is -2.30. The van der Waals surface area contributed by atoms with Crippen molar-refractivity contribution in [3.8, 4) is 0 Å². The van der Waals surface area contributed by atoms with Crippen molar-refractivity contribution in [3.05, 3.63) is 35.6 Å². The SMILES string of the molecule is Cc1ccc2oc(C(=O)C3CC34CCNCC4)cc2c1. The van der Waals surface area contributed by atoms with Crippen LogP contribution in [-0.4, -0.2) is 18.9 Å². The first-order chi connectivity index (χ1) is 9.68. The molecule has 20 heavy (non-hydrogen) atoms. The van der Waals surface area contributed by atoms with Crippen molar-refractivity contribution in [2.45, 2.75) is 26.2 Å². The second kappa shape index (κ2) is 4.19. The first kappa shape index (κ1) is 12.2. The summed E-state index contributed by atoms with van der Waals surface area (Å²) < 4.78 is 5.75. The Labute approximate surface area is 118 Å². The minimum absolute atomic E-state index is 0.186. The molecular weight excluding hydrogens is 250 g/mol. The molecule has 3 nitrogen and oxygen atoms in total. The summed E-state index contributed by atoms with van der Waals surface area (Å²) in [6.07, 6.45) is 3.30. The first-order valence-corrected chi connectivity index (χ1v) is 7.43. The lowest BCUT2D eigenvalue weighted by molar-refractivity contribution is 0.0915. The number of benzene rings is 1. The van der Waals surface area contributed by atoms with Crippen molar-refractivity contribution >= 4 is 16.8 Å². The number of Topliss-reactive ketones (excluding diaryl/α,β-unsaturated/α-hetero) is 1. The van der Waals surface area contributed by atoms with Gasteiger partial charge in [-0.1, -0.05) is 11.6 Å². The fourth-order valence-corrected chi connectivity index (χ4v) is 3.65. The van der Waals surface area contributed by atoms with Crippen molar-refractivity contribution in [3.63, 3.8) is 0 Å². The third-order valence-corrected chi connectivity index (χ3v) is 5.02. The normalized spacial score (nSPS) is 24.1. The number of carbonyl (C=O) groups excluding carboxylic acids is 1. The fraction of sp³-hybridized carbons (Fsp3) is 0.471. The van der Waals surface area contributed by atoms with Crippen LogP contribution in [0.1, 0.15) is 35.4 Å². The van der Waals surface area contributed by atoms with Crippen LogP contribution in [0.25, 0.3) is 11.0 Å². The number of hydrogen-bond donors (Lipinski definition) is 1. The standard InChI is InChI=1S/C17H19NO2/c1-11-2-3-14-12(8-11)9-15(20-14)16(19)13-10-17(13)4-6-18-7-5-17/h2-3,8-9,13,18H,4-7,10H2,1H3. The zero-order chi connectivity index (χ0) is 13.7. The van der Waals surface area contributed by atoms with Crippen LogP contribution in [0.2, 0.25) is 0 Å². The molecule has 1 aliphatic carbocycles. The molecule has 3 heteroatoms. The average Bonchev–Trinajstić information content (AvgIpc) is 2.96. The number of nitrogens with one attached hydrogen (secondary N) is 1. The molecule has 2 heterocycles. The van der Waals surface area contributed by atoms with Gasteiger partial charge in [0.05, 0.1) is 0 Å². The van der Waals surface area contributed by atoms with Crippen molar-refractivity contribution < 1.29 is 9.21 Å². The molecule has 1 N–H and O–H groups in total. The molecule has 1 aromatic carbocycles. The maximum Gasteiger partial charge on any atom is 0.201 e. The largest absolute Gasteiger partial charge is 0.453 e. The van der Waals surface area contributed by atoms with E-state index in [1.165, 1.54) is 5.56 Å². The van der Waals surface area contributed by atoms with E-state index >= 15 is 0 Å². The zero-order valence-corrected chi connectivity index (χ0v) is 11.7. The lowest BCUT2D eigenvalue weighted by Gasteiger charge is -2.22. The van der Waals surface area contributed by atoms with Gasteiger partial charge in [-0.05, 0) is 62.9 Å². The van der Waals surface area contributed by atoms with Crippen LogP contribution >= 0.6 is 0 Å². The summed E-state index contributed by atoms with van der Waals surface area (Å²) >= 11 is 0. The zero-order valence-electron chi connectivity index (χ0n) is 11.7. The molecule has 1 atom stereocenters. The molecule has 2 aromatic rings. The van der Waals surface area contributed by atoms with Gasteiger partial charge in [0.25, 0.3) is 0 Å². The monoisotopic (exact) mass is 269 g/mol. The number of ketones is 1. The Morgan fingerprint density at radius 3 is 2.90 bits per heavy atom. The second-order valence-electron chi connectivity index (χ2n) is 6.39. The molecule has 1 spiro atoms. The predicted molar refractivity (Wildman–Crippen MR) is 77.9 cm³/mol. The van der Waals surface area contributed by atoms with Gasteiger partial charge in [-0.3, -0.25) is 4.79 Å². The number of carbonyl (C=O) groups is 1. The number of rotatable bonds is 2. The maximum absolute atomic E-state index is 12.6. The minimum Gasteiger partial charge on any atom is -0.453 e. The van der Waals surface area contributed by atoms with Gasteiger partial charge in [-0.2, -0.15) is 0 Å². The topological polar surface area (TPSA) is 42.2 Å². The van der Waals surface area contributed by atoms with Crippen molar-refractivity contribution in [1.82, 2.24) is 5.32 Å². The van der Waals surface area contributed by atoms with Gasteiger partial charge in [0.15, 0.2) is 5.76 Å². The minimum atomic E-state index is 0.186. The first-order valence-electron chi connectivity index (χ1n) is 7.43. The van der Waals surface area contributed by atoms with E-state index in [9.17, 15) is 4.79 Å². The van der Waals surface area contributed by atoms with Gasteiger partial charge < -0.3 is 9.73 Å². The number of hydrogen-bond acceptors (Lipinski definition) is 3. The molecule has 1 saturated carbocycles.